The molecule has 21 heavy (non-hydrogen) atoms. The predicted octanol–water partition coefficient (Wildman–Crippen LogP) is 2.42. The van der Waals surface area contributed by atoms with Gasteiger partial charge in [-0.05, 0) is 23.6 Å². The molecule has 0 saturated heterocycles. The lowest BCUT2D eigenvalue weighted by atomic mass is 10.1. The molecular weight excluding hydrogens is 288 g/mol. The van der Waals surface area contributed by atoms with Gasteiger partial charge in [0.25, 0.3) is 5.91 Å². The van der Waals surface area contributed by atoms with Crippen molar-refractivity contribution in [3.8, 4) is 5.69 Å². The molecule has 1 unspecified atom stereocenters. The molecule has 0 aliphatic heterocycles. The molecule has 0 aliphatic carbocycles. The summed E-state index contributed by atoms with van der Waals surface area (Å²) in [7, 11) is 3.05. The van der Waals surface area contributed by atoms with E-state index >= 15 is 0 Å². The minimum atomic E-state index is -0.348. The normalized spacial score (nSPS) is 12.0. The number of esters is 1. The topological polar surface area (TPSA) is 51.5 Å². The SMILES string of the molecule is COC(=O)C(C)CN(C)C(=O)c1sccc1-n1cccc1. The van der Waals surface area contributed by atoms with Crippen LogP contribution in [0.1, 0.15) is 16.6 Å². The largest absolute Gasteiger partial charge is 0.469 e. The number of aromatic nitrogens is 1. The molecule has 2 aromatic rings. The van der Waals surface area contributed by atoms with Crippen LogP contribution in [-0.4, -0.2) is 42.0 Å². The second-order valence-corrected chi connectivity index (χ2v) is 5.75. The fraction of sp³-hybridized carbons (Fsp3) is 0.333. The second-order valence-electron chi connectivity index (χ2n) is 4.84. The van der Waals surface area contributed by atoms with Crippen LogP contribution in [0.4, 0.5) is 0 Å². The molecule has 1 atom stereocenters. The Morgan fingerprint density at radius 3 is 2.67 bits per heavy atom. The molecule has 0 aromatic carbocycles. The third-order valence-corrected chi connectivity index (χ3v) is 4.11. The van der Waals surface area contributed by atoms with Crippen molar-refractivity contribution >= 4 is 23.2 Å². The summed E-state index contributed by atoms with van der Waals surface area (Å²) in [6.45, 7) is 2.07. The number of carbonyl (C=O) groups is 2. The van der Waals surface area contributed by atoms with Crippen LogP contribution in [0.25, 0.3) is 5.69 Å². The molecule has 2 rings (SSSR count). The average Bonchev–Trinajstić information content (AvgIpc) is 3.15. The Morgan fingerprint density at radius 1 is 1.38 bits per heavy atom. The molecule has 0 spiro atoms. The van der Waals surface area contributed by atoms with Gasteiger partial charge < -0.3 is 14.2 Å². The van der Waals surface area contributed by atoms with Gasteiger partial charge in [0.15, 0.2) is 0 Å². The number of hydrogen-bond donors (Lipinski definition) is 0. The highest BCUT2D eigenvalue weighted by molar-refractivity contribution is 7.12. The van der Waals surface area contributed by atoms with Gasteiger partial charge in [0.1, 0.15) is 4.88 Å². The maximum Gasteiger partial charge on any atom is 0.310 e. The summed E-state index contributed by atoms with van der Waals surface area (Å²) in [5, 5.41) is 1.89. The number of thiophene rings is 1. The Bertz CT molecular complexity index is 619. The quantitative estimate of drug-likeness (QED) is 0.797. The van der Waals surface area contributed by atoms with E-state index < -0.39 is 0 Å². The first kappa shape index (κ1) is 15.3. The van der Waals surface area contributed by atoms with E-state index in [1.807, 2.05) is 40.5 Å². The lowest BCUT2D eigenvalue weighted by molar-refractivity contribution is -0.145. The molecule has 0 saturated carbocycles. The highest BCUT2D eigenvalue weighted by atomic mass is 32.1. The average molecular weight is 306 g/mol. The monoisotopic (exact) mass is 306 g/mol. The number of carbonyl (C=O) groups excluding carboxylic acids is 2. The number of amides is 1. The van der Waals surface area contributed by atoms with Crippen molar-refractivity contribution in [2.24, 2.45) is 5.92 Å². The second kappa shape index (κ2) is 6.58. The Morgan fingerprint density at radius 2 is 2.05 bits per heavy atom. The highest BCUT2D eigenvalue weighted by Gasteiger charge is 2.22. The van der Waals surface area contributed by atoms with Gasteiger partial charge in [-0.3, -0.25) is 9.59 Å². The van der Waals surface area contributed by atoms with Gasteiger partial charge in [-0.25, -0.2) is 0 Å². The Kier molecular flexibility index (Phi) is 4.80. The van der Waals surface area contributed by atoms with Crippen LogP contribution >= 0.6 is 11.3 Å². The van der Waals surface area contributed by atoms with Crippen LogP contribution < -0.4 is 0 Å². The molecular formula is C15H18N2O3S. The summed E-state index contributed by atoms with van der Waals surface area (Å²) in [6, 6.07) is 5.74. The summed E-state index contributed by atoms with van der Waals surface area (Å²) < 4.78 is 6.59. The van der Waals surface area contributed by atoms with Crippen LogP contribution in [0.15, 0.2) is 36.0 Å². The Balaban J connectivity index is 2.14. The van der Waals surface area contributed by atoms with Crippen molar-refractivity contribution in [3.63, 3.8) is 0 Å². The van der Waals surface area contributed by atoms with Crippen molar-refractivity contribution in [3.05, 3.63) is 40.8 Å². The summed E-state index contributed by atoms with van der Waals surface area (Å²) in [5.41, 5.74) is 0.854. The number of ether oxygens (including phenoxy) is 1. The van der Waals surface area contributed by atoms with Gasteiger partial charge in [-0.2, -0.15) is 0 Å². The summed E-state index contributed by atoms with van der Waals surface area (Å²) >= 11 is 1.40. The predicted molar refractivity (Wildman–Crippen MR) is 81.8 cm³/mol. The molecule has 0 bridgehead atoms. The van der Waals surface area contributed by atoms with Gasteiger partial charge in [0.2, 0.25) is 0 Å². The number of rotatable bonds is 5. The summed E-state index contributed by atoms with van der Waals surface area (Å²) in [6.07, 6.45) is 3.80. The number of nitrogens with zero attached hydrogens (tertiary/aromatic N) is 2. The van der Waals surface area contributed by atoms with Gasteiger partial charge in [-0.15, -0.1) is 11.3 Å². The smallest absolute Gasteiger partial charge is 0.310 e. The molecule has 0 fully saturated rings. The van der Waals surface area contributed by atoms with E-state index in [1.165, 1.54) is 18.4 Å². The number of hydrogen-bond acceptors (Lipinski definition) is 4. The van der Waals surface area contributed by atoms with Gasteiger partial charge in [0.05, 0.1) is 18.7 Å². The molecule has 0 N–H and O–H groups in total. The maximum absolute atomic E-state index is 12.5. The zero-order chi connectivity index (χ0) is 15.4. The van der Waals surface area contributed by atoms with Crippen LogP contribution in [0, 0.1) is 5.92 Å². The van der Waals surface area contributed by atoms with Crippen molar-refractivity contribution in [1.29, 1.82) is 0 Å². The first-order valence-corrected chi connectivity index (χ1v) is 7.46. The first-order chi connectivity index (χ1) is 10.0. The van der Waals surface area contributed by atoms with E-state index in [4.69, 9.17) is 0 Å². The van der Waals surface area contributed by atoms with E-state index in [9.17, 15) is 9.59 Å². The van der Waals surface area contributed by atoms with E-state index in [-0.39, 0.29) is 17.8 Å². The fourth-order valence-electron chi connectivity index (χ4n) is 2.10. The van der Waals surface area contributed by atoms with E-state index in [2.05, 4.69) is 4.74 Å². The molecule has 1 amide bonds. The molecule has 112 valence electrons. The van der Waals surface area contributed by atoms with Gasteiger partial charge >= 0.3 is 5.97 Å². The van der Waals surface area contributed by atoms with Crippen molar-refractivity contribution < 1.29 is 14.3 Å². The molecule has 0 aliphatic rings. The molecule has 6 heteroatoms. The van der Waals surface area contributed by atoms with E-state index in [1.54, 1.807) is 18.9 Å². The number of methoxy groups -OCH3 is 1. The van der Waals surface area contributed by atoms with Crippen LogP contribution in [-0.2, 0) is 9.53 Å². The molecule has 0 radical (unpaired) electrons. The standard InChI is InChI=1S/C15H18N2O3S/c1-11(15(19)20-3)10-16(2)14(18)13-12(6-9-21-13)17-7-4-5-8-17/h4-9,11H,10H2,1-3H3. The minimum Gasteiger partial charge on any atom is -0.469 e. The third-order valence-electron chi connectivity index (χ3n) is 3.22. The Hall–Kier alpha value is -2.08. The highest BCUT2D eigenvalue weighted by Crippen LogP contribution is 2.23. The van der Waals surface area contributed by atoms with Crippen molar-refractivity contribution in [2.45, 2.75) is 6.92 Å². The van der Waals surface area contributed by atoms with Crippen LogP contribution in [0.5, 0.6) is 0 Å². The van der Waals surface area contributed by atoms with Gasteiger partial charge in [-0.1, -0.05) is 6.92 Å². The van der Waals surface area contributed by atoms with Crippen LogP contribution in [0.3, 0.4) is 0 Å². The van der Waals surface area contributed by atoms with Crippen molar-refractivity contribution in [2.75, 3.05) is 20.7 Å². The summed E-state index contributed by atoms with van der Waals surface area (Å²) in [4.78, 5) is 26.2. The van der Waals surface area contributed by atoms with Gasteiger partial charge in [0, 0.05) is 26.0 Å². The van der Waals surface area contributed by atoms with E-state index in [0.717, 1.165) is 5.69 Å². The maximum atomic E-state index is 12.5. The first-order valence-electron chi connectivity index (χ1n) is 6.58. The zero-order valence-electron chi connectivity index (χ0n) is 12.3. The molecule has 5 nitrogen and oxygen atoms in total. The zero-order valence-corrected chi connectivity index (χ0v) is 13.1. The van der Waals surface area contributed by atoms with E-state index in [0.29, 0.717) is 11.4 Å². The molecule has 2 aromatic heterocycles. The summed E-state index contributed by atoms with van der Waals surface area (Å²) in [5.74, 6) is -0.755. The lowest BCUT2D eigenvalue weighted by Gasteiger charge is -2.20. The Labute approximate surface area is 127 Å². The molecule has 2 heterocycles. The van der Waals surface area contributed by atoms with Crippen molar-refractivity contribution in [1.82, 2.24) is 9.47 Å². The fourth-order valence-corrected chi connectivity index (χ4v) is 2.99. The van der Waals surface area contributed by atoms with Crippen LogP contribution in [0.2, 0.25) is 0 Å². The minimum absolute atomic E-state index is 0.0931. The lowest BCUT2D eigenvalue weighted by Crippen LogP contribution is -2.34. The third kappa shape index (κ3) is 3.33.